The van der Waals surface area contributed by atoms with E-state index in [0.717, 1.165) is 21.1 Å². The van der Waals surface area contributed by atoms with Gasteiger partial charge in [-0.15, -0.1) is 22.7 Å². The first-order valence-corrected chi connectivity index (χ1v) is 7.04. The maximum absolute atomic E-state index is 10.1. The number of nitrogens with zero attached hydrogens (tertiary/aromatic N) is 1. The lowest BCUT2D eigenvalue weighted by Gasteiger charge is -2.07. The topological polar surface area (TPSA) is 33.1 Å². The Hall–Kier alpha value is -0.420. The predicted octanol–water partition coefficient (Wildman–Crippen LogP) is 3.75. The number of hydrogen-bond donors (Lipinski definition) is 1. The van der Waals surface area contributed by atoms with E-state index >= 15 is 0 Å². The van der Waals surface area contributed by atoms with E-state index in [9.17, 15) is 5.11 Å². The second-order valence-electron chi connectivity index (χ2n) is 3.70. The van der Waals surface area contributed by atoms with Gasteiger partial charge >= 0.3 is 0 Å². The molecule has 0 aliphatic heterocycles. The fourth-order valence-corrected chi connectivity index (χ4v) is 3.54. The van der Waals surface area contributed by atoms with Gasteiger partial charge in [-0.2, -0.15) is 0 Å². The van der Waals surface area contributed by atoms with Gasteiger partial charge in [0, 0.05) is 17.5 Å². The van der Waals surface area contributed by atoms with E-state index in [0.29, 0.717) is 11.4 Å². The summed E-state index contributed by atoms with van der Waals surface area (Å²) in [6, 6.07) is 0. The predicted molar refractivity (Wildman–Crippen MR) is 69.6 cm³/mol. The number of aryl methyl sites for hydroxylation is 2. The van der Waals surface area contributed by atoms with E-state index in [4.69, 9.17) is 11.6 Å². The molecule has 1 unspecified atom stereocenters. The highest BCUT2D eigenvalue weighted by Crippen LogP contribution is 2.34. The minimum absolute atomic E-state index is 0.540. The number of hydrogen-bond acceptors (Lipinski definition) is 4. The van der Waals surface area contributed by atoms with Crippen molar-refractivity contribution >= 4 is 34.3 Å². The van der Waals surface area contributed by atoms with Crippen LogP contribution in [-0.4, -0.2) is 10.1 Å². The number of aliphatic hydroxyl groups excluding tert-OH is 1. The third-order valence-electron chi connectivity index (χ3n) is 2.26. The Balaban J connectivity index is 2.14. The zero-order valence-electron chi connectivity index (χ0n) is 9.03. The summed E-state index contributed by atoms with van der Waals surface area (Å²) >= 11 is 9.19. The van der Waals surface area contributed by atoms with Crippen LogP contribution in [0, 0.1) is 13.8 Å². The largest absolute Gasteiger partial charge is 0.387 e. The van der Waals surface area contributed by atoms with Crippen LogP contribution in [0.1, 0.15) is 27.2 Å². The highest BCUT2D eigenvalue weighted by molar-refractivity contribution is 7.11. The molecule has 0 fully saturated rings. The Morgan fingerprint density at radius 2 is 2.12 bits per heavy atom. The lowest BCUT2D eigenvalue weighted by atomic mass is 10.2. The van der Waals surface area contributed by atoms with Gasteiger partial charge in [-0.05, 0) is 24.8 Å². The van der Waals surface area contributed by atoms with Crippen LogP contribution in [0.5, 0.6) is 0 Å². The third kappa shape index (κ3) is 2.46. The molecule has 16 heavy (non-hydrogen) atoms. The molecule has 0 radical (unpaired) electrons. The molecule has 0 aromatic carbocycles. The maximum atomic E-state index is 10.1. The second-order valence-corrected chi connectivity index (χ2v) is 5.93. The van der Waals surface area contributed by atoms with Crippen LogP contribution >= 0.6 is 34.3 Å². The van der Waals surface area contributed by atoms with Crippen LogP contribution in [0.3, 0.4) is 0 Å². The molecule has 2 rings (SSSR count). The molecule has 2 aromatic rings. The maximum Gasteiger partial charge on any atom is 0.0960 e. The van der Waals surface area contributed by atoms with E-state index < -0.39 is 6.10 Å². The van der Waals surface area contributed by atoms with Crippen LogP contribution in [-0.2, 0) is 6.42 Å². The average molecular weight is 274 g/mol. The Morgan fingerprint density at radius 3 is 2.62 bits per heavy atom. The first kappa shape index (κ1) is 12.0. The fourth-order valence-electron chi connectivity index (χ4n) is 1.43. The summed E-state index contributed by atoms with van der Waals surface area (Å²) in [7, 11) is 0. The Kier molecular flexibility index (Phi) is 3.64. The summed E-state index contributed by atoms with van der Waals surface area (Å²) in [6.45, 7) is 3.90. The molecule has 2 aromatic heterocycles. The monoisotopic (exact) mass is 273 g/mol. The van der Waals surface area contributed by atoms with E-state index in [-0.39, 0.29) is 0 Å². The molecule has 0 amide bonds. The highest BCUT2D eigenvalue weighted by atomic mass is 35.5. The van der Waals surface area contributed by atoms with Crippen molar-refractivity contribution in [1.29, 1.82) is 0 Å². The molecule has 5 heteroatoms. The Labute approximate surface area is 108 Å². The van der Waals surface area contributed by atoms with Gasteiger partial charge in [0.15, 0.2) is 0 Å². The minimum atomic E-state index is -0.545. The Morgan fingerprint density at radius 1 is 1.38 bits per heavy atom. The van der Waals surface area contributed by atoms with Crippen LogP contribution in [0.15, 0.2) is 10.8 Å². The molecule has 0 spiro atoms. The van der Waals surface area contributed by atoms with Crippen molar-refractivity contribution in [3.63, 3.8) is 0 Å². The van der Waals surface area contributed by atoms with Gasteiger partial charge in [-0.25, -0.2) is 4.98 Å². The lowest BCUT2D eigenvalue weighted by molar-refractivity contribution is 0.182. The minimum Gasteiger partial charge on any atom is -0.387 e. The van der Waals surface area contributed by atoms with Crippen LogP contribution in [0.25, 0.3) is 0 Å². The second kappa shape index (κ2) is 4.84. The fraction of sp³-hybridized carbons (Fsp3) is 0.364. The summed E-state index contributed by atoms with van der Waals surface area (Å²) in [5.74, 6) is 0. The molecule has 0 saturated carbocycles. The molecule has 2 heterocycles. The van der Waals surface area contributed by atoms with Crippen LogP contribution in [0.2, 0.25) is 5.02 Å². The first-order valence-electron chi connectivity index (χ1n) is 4.90. The summed E-state index contributed by atoms with van der Waals surface area (Å²) < 4.78 is 0. The quantitative estimate of drug-likeness (QED) is 0.924. The molecule has 0 aliphatic rings. The van der Waals surface area contributed by atoms with Crippen molar-refractivity contribution in [2.75, 3.05) is 0 Å². The number of aromatic nitrogens is 1. The van der Waals surface area contributed by atoms with Gasteiger partial charge in [-0.3, -0.25) is 0 Å². The third-order valence-corrected chi connectivity index (χ3v) is 5.07. The molecule has 2 nitrogen and oxygen atoms in total. The summed E-state index contributed by atoms with van der Waals surface area (Å²) in [5.41, 5.74) is 2.02. The van der Waals surface area contributed by atoms with Gasteiger partial charge in [0.2, 0.25) is 0 Å². The van der Waals surface area contributed by atoms with Crippen molar-refractivity contribution in [3.05, 3.63) is 36.9 Å². The van der Waals surface area contributed by atoms with E-state index in [1.165, 1.54) is 11.3 Å². The molecule has 1 atom stereocenters. The molecule has 0 aliphatic carbocycles. The van der Waals surface area contributed by atoms with Crippen molar-refractivity contribution < 1.29 is 5.11 Å². The number of halogens is 1. The molecule has 0 bridgehead atoms. The van der Waals surface area contributed by atoms with Crippen molar-refractivity contribution in [1.82, 2.24) is 4.98 Å². The zero-order chi connectivity index (χ0) is 11.7. The SMILES string of the molecule is Cc1csc(CC(O)c2scc(C)c2Cl)n1. The standard InChI is InChI=1S/C11H12ClNOS2/c1-6-4-16-11(10(6)12)8(14)3-9-13-7(2)5-15-9/h4-5,8,14H,3H2,1-2H3. The van der Waals surface area contributed by atoms with Gasteiger partial charge in [0.25, 0.3) is 0 Å². The van der Waals surface area contributed by atoms with E-state index in [1.807, 2.05) is 24.6 Å². The molecular formula is C11H12ClNOS2. The number of thiazole rings is 1. The van der Waals surface area contributed by atoms with Gasteiger partial charge in [0.05, 0.1) is 21.0 Å². The summed E-state index contributed by atoms with van der Waals surface area (Å²) in [4.78, 5) is 5.17. The lowest BCUT2D eigenvalue weighted by Crippen LogP contribution is -2.00. The molecule has 1 N–H and O–H groups in total. The van der Waals surface area contributed by atoms with Gasteiger partial charge in [-0.1, -0.05) is 11.6 Å². The molecule has 86 valence electrons. The van der Waals surface area contributed by atoms with Gasteiger partial charge < -0.3 is 5.11 Å². The number of aliphatic hydroxyl groups is 1. The summed E-state index contributed by atoms with van der Waals surface area (Å²) in [6.07, 6.45) is -0.00481. The van der Waals surface area contributed by atoms with Crippen LogP contribution in [0.4, 0.5) is 0 Å². The first-order chi connectivity index (χ1) is 7.58. The smallest absolute Gasteiger partial charge is 0.0960 e. The summed E-state index contributed by atoms with van der Waals surface area (Å²) in [5, 5.41) is 15.7. The van der Waals surface area contributed by atoms with Crippen molar-refractivity contribution in [3.8, 4) is 0 Å². The van der Waals surface area contributed by atoms with Crippen molar-refractivity contribution in [2.24, 2.45) is 0 Å². The van der Waals surface area contributed by atoms with E-state index in [1.54, 1.807) is 11.3 Å². The van der Waals surface area contributed by atoms with Crippen LogP contribution < -0.4 is 0 Å². The molecule has 0 saturated heterocycles. The average Bonchev–Trinajstić information content (AvgIpc) is 2.76. The molecular weight excluding hydrogens is 262 g/mol. The van der Waals surface area contributed by atoms with Crippen molar-refractivity contribution in [2.45, 2.75) is 26.4 Å². The highest BCUT2D eigenvalue weighted by Gasteiger charge is 2.17. The Bertz CT molecular complexity index is 492. The number of thiophene rings is 1. The normalized spacial score (nSPS) is 13.0. The number of rotatable bonds is 3. The van der Waals surface area contributed by atoms with E-state index in [2.05, 4.69) is 4.98 Å². The van der Waals surface area contributed by atoms with Gasteiger partial charge in [0.1, 0.15) is 0 Å². The zero-order valence-corrected chi connectivity index (χ0v) is 11.4.